The van der Waals surface area contributed by atoms with Crippen LogP contribution < -0.4 is 5.32 Å². The van der Waals surface area contributed by atoms with Crippen molar-refractivity contribution in [2.75, 3.05) is 99.1 Å². The summed E-state index contributed by atoms with van der Waals surface area (Å²) >= 11 is 0. The number of fused-ring (bicyclic) bond motifs is 5. The summed E-state index contributed by atoms with van der Waals surface area (Å²) in [7, 11) is 0. The molecule has 17 heteroatoms. The molecule has 5 aliphatic rings. The van der Waals surface area contributed by atoms with E-state index >= 15 is 0 Å². The van der Waals surface area contributed by atoms with E-state index in [0.717, 1.165) is 48.3 Å². The van der Waals surface area contributed by atoms with E-state index in [0.29, 0.717) is 89.6 Å². The van der Waals surface area contributed by atoms with Gasteiger partial charge in [0.15, 0.2) is 18.5 Å². The molecule has 0 aromatic rings. The predicted octanol–water partition coefficient (Wildman–Crippen LogP) is 7.19. The van der Waals surface area contributed by atoms with Crippen LogP contribution in [0.5, 0.6) is 0 Å². The summed E-state index contributed by atoms with van der Waals surface area (Å²) in [5.74, 6) is 2.73. The highest BCUT2D eigenvalue weighted by atomic mass is 16.7. The van der Waals surface area contributed by atoms with Gasteiger partial charge < -0.3 is 62.2 Å². The van der Waals surface area contributed by atoms with Gasteiger partial charge in [0.25, 0.3) is 0 Å². The maximum Gasteiger partial charge on any atom is 0.303 e. The molecular weight excluding hydrogens is 931 g/mol. The maximum absolute atomic E-state index is 12.1. The predicted molar refractivity (Wildman–Crippen MR) is 268 cm³/mol. The van der Waals surface area contributed by atoms with Crippen LogP contribution in [0.2, 0.25) is 0 Å². The molecule has 1 amide bonds. The summed E-state index contributed by atoms with van der Waals surface area (Å²) in [4.78, 5) is 47.6. The first kappa shape index (κ1) is 60.1. The Morgan fingerprint density at radius 1 is 0.653 bits per heavy atom. The first-order chi connectivity index (χ1) is 34.5. The molecule has 0 spiro atoms. The molecule has 1 aliphatic heterocycles. The second kappa shape index (κ2) is 30.7. The number of amides is 1. The van der Waals surface area contributed by atoms with E-state index in [9.17, 15) is 19.2 Å². The molecule has 4 fully saturated rings. The fourth-order valence-electron chi connectivity index (χ4n) is 12.9. The van der Waals surface area contributed by atoms with Gasteiger partial charge in [0.1, 0.15) is 18.8 Å². The Morgan fingerprint density at radius 3 is 1.75 bits per heavy atom. The van der Waals surface area contributed by atoms with Crippen LogP contribution in [0.25, 0.3) is 0 Å². The van der Waals surface area contributed by atoms with Gasteiger partial charge in [0, 0.05) is 27.7 Å². The standard InChI is InChI=1S/C55H93NO16/c1-37(2)11-10-12-38(3)46-15-16-47-45-14-13-43-35-44(17-19-54(43,8)48(45)18-20-55(46,47)9)67-33-31-65-29-27-63-25-23-61-21-22-62-24-26-64-28-30-66-32-34-68-53-50(56-39(4)57)52(71-42(7)60)51(70-41(6)59)49(72-53)36-69-40(5)58/h13,37-38,44-53H,10-12,14-36H2,1-9H3,(H,56,57)/t38-,44+,45+,46-,47+,48+,49-,50-,51-,52-,53-,54+,55-/m1/s1. The van der Waals surface area contributed by atoms with Crippen LogP contribution in [0.3, 0.4) is 0 Å². The maximum atomic E-state index is 12.1. The number of carbonyl (C=O) groups excluding carboxylic acids is 4. The molecular formula is C55H93NO16. The molecule has 4 aliphatic carbocycles. The Hall–Kier alpha value is -2.74. The van der Waals surface area contributed by atoms with Crippen LogP contribution in [0.1, 0.15) is 133 Å². The number of esters is 3. The molecule has 0 aromatic carbocycles. The number of nitrogens with one attached hydrogen (secondary N) is 1. The van der Waals surface area contributed by atoms with Crippen molar-refractivity contribution in [2.45, 2.75) is 170 Å². The molecule has 414 valence electrons. The van der Waals surface area contributed by atoms with Gasteiger partial charge >= 0.3 is 17.9 Å². The average molecular weight is 1020 g/mol. The lowest BCUT2D eigenvalue weighted by Gasteiger charge is -2.58. The Labute approximate surface area is 430 Å². The van der Waals surface area contributed by atoms with Crippen molar-refractivity contribution in [3.8, 4) is 0 Å². The smallest absolute Gasteiger partial charge is 0.303 e. The third-order valence-electron chi connectivity index (χ3n) is 16.3. The second-order valence-electron chi connectivity index (χ2n) is 21.8. The van der Waals surface area contributed by atoms with E-state index in [4.69, 9.17) is 56.8 Å². The summed E-state index contributed by atoms with van der Waals surface area (Å²) in [6.07, 6.45) is 13.0. The molecule has 3 saturated carbocycles. The van der Waals surface area contributed by atoms with Gasteiger partial charge in [-0.3, -0.25) is 19.2 Å². The summed E-state index contributed by atoms with van der Waals surface area (Å²) in [6.45, 7) is 22.7. The molecule has 1 heterocycles. The lowest BCUT2D eigenvalue weighted by Crippen LogP contribution is -2.66. The Bertz CT molecular complexity index is 1680. The fraction of sp³-hybridized carbons (Fsp3) is 0.891. The molecule has 17 nitrogen and oxygen atoms in total. The van der Waals surface area contributed by atoms with Crippen LogP contribution >= 0.6 is 0 Å². The summed E-state index contributed by atoms with van der Waals surface area (Å²) in [5.41, 5.74) is 2.55. The minimum absolute atomic E-state index is 0.0297. The quantitative estimate of drug-likeness (QED) is 0.0301. The van der Waals surface area contributed by atoms with Gasteiger partial charge in [0.05, 0.1) is 98.6 Å². The van der Waals surface area contributed by atoms with Crippen molar-refractivity contribution < 1.29 is 76.0 Å². The third-order valence-corrected chi connectivity index (χ3v) is 16.3. The monoisotopic (exact) mass is 1020 g/mol. The van der Waals surface area contributed by atoms with Gasteiger partial charge in [-0.1, -0.05) is 65.5 Å². The number of hydrogen-bond donors (Lipinski definition) is 1. The summed E-state index contributed by atoms with van der Waals surface area (Å²) < 4.78 is 68.1. The number of allylic oxidation sites excluding steroid dienone is 1. The lowest BCUT2D eigenvalue weighted by molar-refractivity contribution is -0.279. The normalized spacial score (nSPS) is 31.4. The lowest BCUT2D eigenvalue weighted by atomic mass is 9.47. The largest absolute Gasteiger partial charge is 0.463 e. The highest BCUT2D eigenvalue weighted by Gasteiger charge is 2.59. The first-order valence-corrected chi connectivity index (χ1v) is 27.3. The first-order valence-electron chi connectivity index (χ1n) is 27.3. The SMILES string of the molecule is CC(=O)N[C@H]1[C@H](OCCOCCOCCOCCOCCOCCOCCO[C@H]2CC[C@@]3(C)C(=CC[C@H]4[C@@H]5CC[C@H]([C@H](C)CCCC(C)C)[C@@]5(C)CC[C@@H]43)C2)O[C@H](COC(C)=O)[C@@H](OC(C)=O)[C@@H]1OC(C)=O. The van der Waals surface area contributed by atoms with E-state index < -0.39 is 54.5 Å². The highest BCUT2D eigenvalue weighted by molar-refractivity contribution is 5.73. The zero-order valence-corrected chi connectivity index (χ0v) is 45.4. The third kappa shape index (κ3) is 18.2. The van der Waals surface area contributed by atoms with Crippen molar-refractivity contribution in [3.63, 3.8) is 0 Å². The molecule has 5 rings (SSSR count). The number of carbonyl (C=O) groups is 4. The number of ether oxygens (including phenoxy) is 12. The van der Waals surface area contributed by atoms with Crippen LogP contribution in [-0.2, 0) is 76.0 Å². The number of hydrogen-bond acceptors (Lipinski definition) is 16. The van der Waals surface area contributed by atoms with E-state index in [2.05, 4.69) is 46.0 Å². The van der Waals surface area contributed by atoms with E-state index in [1.807, 2.05) is 0 Å². The van der Waals surface area contributed by atoms with E-state index in [-0.39, 0.29) is 26.4 Å². The van der Waals surface area contributed by atoms with Crippen molar-refractivity contribution in [1.29, 1.82) is 0 Å². The van der Waals surface area contributed by atoms with Gasteiger partial charge in [0.2, 0.25) is 5.91 Å². The van der Waals surface area contributed by atoms with Crippen molar-refractivity contribution in [1.82, 2.24) is 5.32 Å². The molecule has 0 bridgehead atoms. The molecule has 13 atom stereocenters. The minimum Gasteiger partial charge on any atom is -0.463 e. The topological polar surface area (TPSA) is 191 Å². The van der Waals surface area contributed by atoms with Gasteiger partial charge in [-0.05, 0) is 97.7 Å². The summed E-state index contributed by atoms with van der Waals surface area (Å²) in [5, 5.41) is 2.66. The molecule has 0 unspecified atom stereocenters. The van der Waals surface area contributed by atoms with Gasteiger partial charge in [-0.15, -0.1) is 0 Å². The second-order valence-corrected chi connectivity index (χ2v) is 21.8. The summed E-state index contributed by atoms with van der Waals surface area (Å²) in [6, 6.07) is -1.05. The van der Waals surface area contributed by atoms with Crippen LogP contribution in [0.15, 0.2) is 11.6 Å². The van der Waals surface area contributed by atoms with Crippen molar-refractivity contribution in [3.05, 3.63) is 11.6 Å². The molecule has 0 aromatic heterocycles. The molecule has 1 N–H and O–H groups in total. The van der Waals surface area contributed by atoms with Gasteiger partial charge in [-0.2, -0.15) is 0 Å². The highest BCUT2D eigenvalue weighted by Crippen LogP contribution is 2.67. The van der Waals surface area contributed by atoms with Crippen LogP contribution in [-0.4, -0.2) is 160 Å². The van der Waals surface area contributed by atoms with E-state index in [1.165, 1.54) is 85.5 Å². The zero-order chi connectivity index (χ0) is 52.1. The number of rotatable bonds is 33. The fourth-order valence-corrected chi connectivity index (χ4v) is 12.9. The molecule has 0 radical (unpaired) electrons. The Kier molecular flexibility index (Phi) is 25.7. The van der Waals surface area contributed by atoms with Crippen LogP contribution in [0.4, 0.5) is 0 Å². The van der Waals surface area contributed by atoms with Gasteiger partial charge in [-0.25, -0.2) is 0 Å². The molecule has 72 heavy (non-hydrogen) atoms. The Balaban J connectivity index is 0.829. The minimum atomic E-state index is -1.20. The zero-order valence-electron chi connectivity index (χ0n) is 45.4. The molecule has 1 saturated heterocycles. The van der Waals surface area contributed by atoms with E-state index in [1.54, 1.807) is 5.57 Å². The van der Waals surface area contributed by atoms with Crippen LogP contribution in [0, 0.1) is 46.3 Å². The average Bonchev–Trinajstić information content (AvgIpc) is 3.68. The van der Waals surface area contributed by atoms with Crippen molar-refractivity contribution in [2.24, 2.45) is 46.3 Å². The Morgan fingerprint density at radius 2 is 1.21 bits per heavy atom. The van der Waals surface area contributed by atoms with Crippen molar-refractivity contribution >= 4 is 23.8 Å².